The lowest BCUT2D eigenvalue weighted by Gasteiger charge is -2.31. The normalized spacial score (nSPS) is 17.1. The van der Waals surface area contributed by atoms with E-state index in [0.29, 0.717) is 12.6 Å². The molecule has 0 radical (unpaired) electrons. The summed E-state index contributed by atoms with van der Waals surface area (Å²) in [6, 6.07) is 2.55. The lowest BCUT2D eigenvalue weighted by Crippen LogP contribution is -2.43. The maximum atomic E-state index is 12.4. The van der Waals surface area contributed by atoms with Crippen LogP contribution in [0.1, 0.15) is 34.6 Å². The number of nitrogens with zero attached hydrogens (tertiary/aromatic N) is 2. The smallest absolute Gasteiger partial charge is 0.178 e. The number of hydrogen-bond donors (Lipinski definition) is 1. The number of likely N-dealkylation sites (N-methyl/N-ethyl adjacent to an activating group) is 1. The Hall–Kier alpha value is -1.13. The van der Waals surface area contributed by atoms with Crippen LogP contribution < -0.4 is 5.32 Å². The summed E-state index contributed by atoms with van der Waals surface area (Å²) in [5.41, 5.74) is 3.09. The number of nitrogens with one attached hydrogen (secondary N) is 1. The van der Waals surface area contributed by atoms with E-state index < -0.39 is 0 Å². The van der Waals surface area contributed by atoms with Crippen molar-refractivity contribution in [3.05, 3.63) is 23.0 Å². The molecule has 0 bridgehead atoms. The van der Waals surface area contributed by atoms with Crippen LogP contribution in [-0.4, -0.2) is 48.0 Å². The molecule has 106 valence electrons. The quantitative estimate of drug-likeness (QED) is 0.837. The Morgan fingerprint density at radius 3 is 2.58 bits per heavy atom. The number of aryl methyl sites for hydroxylation is 1. The Labute approximate surface area is 115 Å². The molecule has 0 amide bonds. The molecule has 0 atom stereocenters. The number of Topliss-reactive ketones (excluding diaryl/α,β-unsaturated/α-hetero) is 1. The SMILES string of the molecule is Cc1cc(C(=O)CN(C)C2CCNCC2)c(C)n1C. The molecule has 0 unspecified atom stereocenters. The summed E-state index contributed by atoms with van der Waals surface area (Å²) in [5, 5.41) is 3.36. The Bertz CT molecular complexity index is 458. The van der Waals surface area contributed by atoms with Crippen molar-refractivity contribution in [1.82, 2.24) is 14.8 Å². The molecule has 1 saturated heterocycles. The molecule has 0 aliphatic carbocycles. The summed E-state index contributed by atoms with van der Waals surface area (Å²) < 4.78 is 2.08. The van der Waals surface area contributed by atoms with Crippen LogP contribution in [0.5, 0.6) is 0 Å². The summed E-state index contributed by atoms with van der Waals surface area (Å²) in [6.07, 6.45) is 2.27. The number of aromatic nitrogens is 1. The van der Waals surface area contributed by atoms with Crippen LogP contribution >= 0.6 is 0 Å². The first-order valence-electron chi connectivity index (χ1n) is 7.07. The summed E-state index contributed by atoms with van der Waals surface area (Å²) in [6.45, 7) is 6.71. The fraction of sp³-hybridized carbons (Fsp3) is 0.667. The van der Waals surface area contributed by atoms with Gasteiger partial charge in [0.25, 0.3) is 0 Å². The van der Waals surface area contributed by atoms with E-state index in [9.17, 15) is 4.79 Å². The average molecular weight is 263 g/mol. The summed E-state index contributed by atoms with van der Waals surface area (Å²) >= 11 is 0. The van der Waals surface area contributed by atoms with Gasteiger partial charge < -0.3 is 9.88 Å². The van der Waals surface area contributed by atoms with Gasteiger partial charge in [0.15, 0.2) is 5.78 Å². The second-order valence-corrected chi connectivity index (χ2v) is 5.66. The van der Waals surface area contributed by atoms with Gasteiger partial charge in [-0.2, -0.15) is 0 Å². The fourth-order valence-electron chi connectivity index (χ4n) is 2.83. The highest BCUT2D eigenvalue weighted by Crippen LogP contribution is 2.16. The van der Waals surface area contributed by atoms with Crippen LogP contribution in [0.3, 0.4) is 0 Å². The summed E-state index contributed by atoms with van der Waals surface area (Å²) in [7, 11) is 4.08. The van der Waals surface area contributed by atoms with Gasteiger partial charge in [-0.05, 0) is 52.9 Å². The van der Waals surface area contributed by atoms with Crippen LogP contribution in [0.25, 0.3) is 0 Å². The first-order chi connectivity index (χ1) is 9.00. The van der Waals surface area contributed by atoms with Crippen molar-refractivity contribution in [2.24, 2.45) is 7.05 Å². The Morgan fingerprint density at radius 2 is 2.05 bits per heavy atom. The monoisotopic (exact) mass is 263 g/mol. The number of ketones is 1. The first kappa shape index (κ1) is 14.3. The maximum Gasteiger partial charge on any atom is 0.178 e. The van der Waals surface area contributed by atoms with Gasteiger partial charge in [-0.25, -0.2) is 0 Å². The largest absolute Gasteiger partial charge is 0.351 e. The molecule has 1 aromatic heterocycles. The highest BCUT2D eigenvalue weighted by molar-refractivity contribution is 5.99. The van der Waals surface area contributed by atoms with E-state index in [0.717, 1.165) is 42.9 Å². The number of piperidine rings is 1. The van der Waals surface area contributed by atoms with E-state index in [1.54, 1.807) is 0 Å². The zero-order valence-electron chi connectivity index (χ0n) is 12.5. The predicted octanol–water partition coefficient (Wildman–Crippen LogP) is 1.51. The van der Waals surface area contributed by atoms with Crippen molar-refractivity contribution in [2.75, 3.05) is 26.7 Å². The van der Waals surface area contributed by atoms with Crippen LogP contribution in [-0.2, 0) is 7.05 Å². The molecule has 0 saturated carbocycles. The molecule has 1 fully saturated rings. The predicted molar refractivity (Wildman–Crippen MR) is 77.7 cm³/mol. The van der Waals surface area contributed by atoms with Crippen LogP contribution in [0.15, 0.2) is 6.07 Å². The van der Waals surface area contributed by atoms with Crippen molar-refractivity contribution >= 4 is 5.78 Å². The minimum Gasteiger partial charge on any atom is -0.351 e. The molecule has 1 aliphatic heterocycles. The standard InChI is InChI=1S/C15H25N3O/c1-11-9-14(12(2)18(11)4)15(19)10-17(3)13-5-7-16-8-6-13/h9,13,16H,5-8,10H2,1-4H3. The molecule has 0 aromatic carbocycles. The highest BCUT2D eigenvalue weighted by atomic mass is 16.1. The van der Waals surface area contributed by atoms with Gasteiger partial charge in [0.2, 0.25) is 0 Å². The van der Waals surface area contributed by atoms with Crippen LogP contribution in [0.2, 0.25) is 0 Å². The van der Waals surface area contributed by atoms with E-state index in [1.807, 2.05) is 27.0 Å². The van der Waals surface area contributed by atoms with Gasteiger partial charge in [-0.1, -0.05) is 0 Å². The van der Waals surface area contributed by atoms with Gasteiger partial charge in [0.1, 0.15) is 0 Å². The zero-order valence-corrected chi connectivity index (χ0v) is 12.5. The van der Waals surface area contributed by atoms with E-state index in [2.05, 4.69) is 21.8 Å². The van der Waals surface area contributed by atoms with Crippen molar-refractivity contribution in [2.45, 2.75) is 32.7 Å². The minimum atomic E-state index is 0.238. The highest BCUT2D eigenvalue weighted by Gasteiger charge is 2.21. The zero-order chi connectivity index (χ0) is 14.0. The van der Waals surface area contributed by atoms with Gasteiger partial charge in [0, 0.05) is 30.0 Å². The first-order valence-corrected chi connectivity index (χ1v) is 7.07. The third-order valence-corrected chi connectivity index (χ3v) is 4.40. The van der Waals surface area contributed by atoms with Gasteiger partial charge in [-0.3, -0.25) is 9.69 Å². The fourth-order valence-corrected chi connectivity index (χ4v) is 2.83. The van der Waals surface area contributed by atoms with Crippen LogP contribution in [0, 0.1) is 13.8 Å². The molecule has 2 rings (SSSR count). The average Bonchev–Trinajstić information content (AvgIpc) is 2.67. The van der Waals surface area contributed by atoms with E-state index in [1.165, 1.54) is 0 Å². The molecule has 4 heteroatoms. The van der Waals surface area contributed by atoms with E-state index in [-0.39, 0.29) is 5.78 Å². The number of carbonyl (C=O) groups is 1. The lowest BCUT2D eigenvalue weighted by molar-refractivity contribution is 0.0903. The Kier molecular flexibility index (Phi) is 4.42. The molecular weight excluding hydrogens is 238 g/mol. The number of rotatable bonds is 4. The Morgan fingerprint density at radius 1 is 1.42 bits per heavy atom. The van der Waals surface area contributed by atoms with Crippen molar-refractivity contribution in [3.8, 4) is 0 Å². The molecule has 2 heterocycles. The third-order valence-electron chi connectivity index (χ3n) is 4.40. The second kappa shape index (κ2) is 5.88. The molecule has 1 N–H and O–H groups in total. The lowest BCUT2D eigenvalue weighted by atomic mass is 10.0. The maximum absolute atomic E-state index is 12.4. The minimum absolute atomic E-state index is 0.238. The van der Waals surface area contributed by atoms with Crippen molar-refractivity contribution < 1.29 is 4.79 Å². The molecule has 1 aliphatic rings. The van der Waals surface area contributed by atoms with Gasteiger partial charge in [0.05, 0.1) is 6.54 Å². The van der Waals surface area contributed by atoms with Gasteiger partial charge >= 0.3 is 0 Å². The summed E-state index contributed by atoms with van der Waals surface area (Å²) in [4.78, 5) is 14.6. The van der Waals surface area contributed by atoms with Crippen molar-refractivity contribution in [3.63, 3.8) is 0 Å². The molecule has 0 spiro atoms. The molecular formula is C15H25N3O. The van der Waals surface area contributed by atoms with Crippen LogP contribution in [0.4, 0.5) is 0 Å². The third kappa shape index (κ3) is 3.07. The summed E-state index contributed by atoms with van der Waals surface area (Å²) in [5.74, 6) is 0.238. The topological polar surface area (TPSA) is 37.3 Å². The van der Waals surface area contributed by atoms with Crippen molar-refractivity contribution in [1.29, 1.82) is 0 Å². The number of carbonyl (C=O) groups excluding carboxylic acids is 1. The molecule has 4 nitrogen and oxygen atoms in total. The molecule has 1 aromatic rings. The Balaban J connectivity index is 2.01. The van der Waals surface area contributed by atoms with E-state index >= 15 is 0 Å². The van der Waals surface area contributed by atoms with E-state index in [4.69, 9.17) is 0 Å². The molecule has 19 heavy (non-hydrogen) atoms. The second-order valence-electron chi connectivity index (χ2n) is 5.66. The van der Waals surface area contributed by atoms with Gasteiger partial charge in [-0.15, -0.1) is 0 Å². The number of hydrogen-bond acceptors (Lipinski definition) is 3.